The number of carbonyl (C=O) groups excluding carboxylic acids is 3. The van der Waals surface area contributed by atoms with Gasteiger partial charge in [-0.15, -0.1) is 0 Å². The molecule has 2 aliphatic heterocycles. The van der Waals surface area contributed by atoms with Gasteiger partial charge in [0.25, 0.3) is 11.8 Å². The Balaban J connectivity index is 1.57. The van der Waals surface area contributed by atoms with Crippen LogP contribution in [0.1, 0.15) is 42.2 Å². The van der Waals surface area contributed by atoms with Crippen molar-refractivity contribution in [3.8, 4) is 0 Å². The summed E-state index contributed by atoms with van der Waals surface area (Å²) < 4.78 is 5.37. The van der Waals surface area contributed by atoms with E-state index in [9.17, 15) is 14.4 Å². The number of benzene rings is 2. The molecule has 2 heterocycles. The standard InChI is InChI=1S/C18H13NO5/c20-16-14-3-1-2-4-15(14)17(21)19(16)24-18(22)12-6-5-11-7-8-23-10-13(11)9-12/h1-6,9H,7-8,10H2. The summed E-state index contributed by atoms with van der Waals surface area (Å²) in [6.07, 6.45) is 0.795. The Hall–Kier alpha value is -2.99. The minimum absolute atomic E-state index is 0.231. The molecule has 24 heavy (non-hydrogen) atoms. The molecule has 0 saturated heterocycles. The lowest BCUT2D eigenvalue weighted by Gasteiger charge is -2.17. The molecule has 2 aliphatic rings. The number of carbonyl (C=O) groups is 3. The van der Waals surface area contributed by atoms with E-state index in [0.717, 1.165) is 17.5 Å². The summed E-state index contributed by atoms with van der Waals surface area (Å²) in [6.45, 7) is 1.09. The van der Waals surface area contributed by atoms with E-state index in [1.165, 1.54) is 12.1 Å². The van der Waals surface area contributed by atoms with Crippen LogP contribution < -0.4 is 0 Å². The van der Waals surface area contributed by atoms with Crippen LogP contribution in [0, 0.1) is 0 Å². The van der Waals surface area contributed by atoms with Crippen LogP contribution in [0.5, 0.6) is 0 Å². The summed E-state index contributed by atoms with van der Waals surface area (Å²) in [5, 5.41) is 0.517. The van der Waals surface area contributed by atoms with Crippen LogP contribution in [-0.2, 0) is 22.6 Å². The molecule has 6 heteroatoms. The molecule has 0 N–H and O–H groups in total. The summed E-state index contributed by atoms with van der Waals surface area (Å²) in [5.74, 6) is -2.02. The van der Waals surface area contributed by atoms with Gasteiger partial charge in [0.1, 0.15) is 0 Å². The number of rotatable bonds is 2. The average Bonchev–Trinajstić information content (AvgIpc) is 2.86. The lowest BCUT2D eigenvalue weighted by Crippen LogP contribution is -2.32. The van der Waals surface area contributed by atoms with Crippen molar-refractivity contribution in [1.29, 1.82) is 0 Å². The molecule has 0 aromatic heterocycles. The zero-order valence-electron chi connectivity index (χ0n) is 12.7. The van der Waals surface area contributed by atoms with Gasteiger partial charge in [-0.05, 0) is 41.8 Å². The van der Waals surface area contributed by atoms with E-state index in [0.29, 0.717) is 18.3 Å². The first-order chi connectivity index (χ1) is 11.6. The van der Waals surface area contributed by atoms with Gasteiger partial charge in [-0.1, -0.05) is 23.3 Å². The Morgan fingerprint density at radius 3 is 2.42 bits per heavy atom. The fourth-order valence-electron chi connectivity index (χ4n) is 2.88. The van der Waals surface area contributed by atoms with Gasteiger partial charge in [0.15, 0.2) is 0 Å². The summed E-state index contributed by atoms with van der Waals surface area (Å²) in [5.41, 5.74) is 2.77. The minimum Gasteiger partial charge on any atom is -0.376 e. The van der Waals surface area contributed by atoms with Crippen LogP contribution in [0.4, 0.5) is 0 Å². The van der Waals surface area contributed by atoms with Gasteiger partial charge >= 0.3 is 5.97 Å². The highest BCUT2D eigenvalue weighted by Gasteiger charge is 2.38. The average molecular weight is 323 g/mol. The third-order valence-corrected chi connectivity index (χ3v) is 4.15. The Labute approximate surface area is 137 Å². The molecule has 0 aliphatic carbocycles. The first-order valence-electron chi connectivity index (χ1n) is 7.55. The van der Waals surface area contributed by atoms with E-state index in [1.807, 2.05) is 6.07 Å². The largest absolute Gasteiger partial charge is 0.376 e. The summed E-state index contributed by atoms with van der Waals surface area (Å²) in [4.78, 5) is 41.8. The van der Waals surface area contributed by atoms with Gasteiger partial charge in [0.05, 0.1) is 29.9 Å². The number of hydrogen-bond acceptors (Lipinski definition) is 5. The number of fused-ring (bicyclic) bond motifs is 2. The maximum absolute atomic E-state index is 12.3. The van der Waals surface area contributed by atoms with E-state index in [1.54, 1.807) is 24.3 Å². The van der Waals surface area contributed by atoms with E-state index >= 15 is 0 Å². The molecule has 0 radical (unpaired) electrons. The molecule has 0 bridgehead atoms. The Morgan fingerprint density at radius 1 is 1.00 bits per heavy atom. The number of imide groups is 1. The van der Waals surface area contributed by atoms with Crippen LogP contribution in [0.25, 0.3) is 0 Å². The number of amides is 2. The molecule has 2 aromatic rings. The summed E-state index contributed by atoms with van der Waals surface area (Å²) in [7, 11) is 0. The highest BCUT2D eigenvalue weighted by Crippen LogP contribution is 2.24. The number of nitrogens with zero attached hydrogens (tertiary/aromatic N) is 1. The molecule has 4 rings (SSSR count). The fourth-order valence-corrected chi connectivity index (χ4v) is 2.88. The van der Waals surface area contributed by atoms with Crippen molar-refractivity contribution in [2.24, 2.45) is 0 Å². The summed E-state index contributed by atoms with van der Waals surface area (Å²) >= 11 is 0. The maximum atomic E-state index is 12.3. The Bertz CT molecular complexity index is 838. The van der Waals surface area contributed by atoms with Gasteiger partial charge in [0.2, 0.25) is 0 Å². The molecule has 120 valence electrons. The molecule has 2 amide bonds. The Kier molecular flexibility index (Phi) is 3.39. The van der Waals surface area contributed by atoms with E-state index in [-0.39, 0.29) is 16.7 Å². The molecule has 2 aromatic carbocycles. The smallest absolute Gasteiger partial charge is 0.363 e. The molecular weight excluding hydrogens is 310 g/mol. The second-order valence-electron chi connectivity index (χ2n) is 5.62. The predicted molar refractivity (Wildman–Crippen MR) is 82.2 cm³/mol. The zero-order valence-corrected chi connectivity index (χ0v) is 12.7. The SMILES string of the molecule is O=C(ON1C(=O)c2ccccc2C1=O)c1ccc2c(c1)COCC2. The van der Waals surface area contributed by atoms with Crippen molar-refractivity contribution in [3.05, 3.63) is 70.3 Å². The third kappa shape index (κ3) is 2.28. The topological polar surface area (TPSA) is 72.9 Å². The van der Waals surface area contributed by atoms with E-state index in [4.69, 9.17) is 9.57 Å². The lowest BCUT2D eigenvalue weighted by molar-refractivity contribution is -0.0584. The van der Waals surface area contributed by atoms with Crippen LogP contribution in [0.15, 0.2) is 42.5 Å². The van der Waals surface area contributed by atoms with Crippen molar-refractivity contribution < 1.29 is 24.0 Å². The van der Waals surface area contributed by atoms with Crippen molar-refractivity contribution in [3.63, 3.8) is 0 Å². The first-order valence-corrected chi connectivity index (χ1v) is 7.55. The lowest BCUT2D eigenvalue weighted by atomic mass is 10.0. The van der Waals surface area contributed by atoms with Crippen LogP contribution in [-0.4, -0.2) is 29.5 Å². The van der Waals surface area contributed by atoms with E-state index in [2.05, 4.69) is 0 Å². The van der Waals surface area contributed by atoms with Crippen LogP contribution in [0.3, 0.4) is 0 Å². The molecular formula is C18H13NO5. The maximum Gasteiger partial charge on any atom is 0.363 e. The second-order valence-corrected chi connectivity index (χ2v) is 5.62. The highest BCUT2D eigenvalue weighted by atomic mass is 16.7. The summed E-state index contributed by atoms with van der Waals surface area (Å²) in [6, 6.07) is 11.5. The monoisotopic (exact) mass is 323 g/mol. The highest BCUT2D eigenvalue weighted by molar-refractivity contribution is 6.21. The molecule has 0 spiro atoms. The van der Waals surface area contributed by atoms with Gasteiger partial charge in [-0.3, -0.25) is 9.59 Å². The fraction of sp³-hybridized carbons (Fsp3) is 0.167. The number of hydrogen-bond donors (Lipinski definition) is 0. The van der Waals surface area contributed by atoms with Gasteiger partial charge in [-0.25, -0.2) is 4.79 Å². The van der Waals surface area contributed by atoms with Crippen LogP contribution in [0.2, 0.25) is 0 Å². The van der Waals surface area contributed by atoms with Crippen molar-refractivity contribution in [2.75, 3.05) is 6.61 Å². The first kappa shape index (κ1) is 14.6. The number of ether oxygens (including phenoxy) is 1. The Morgan fingerprint density at radius 2 is 1.71 bits per heavy atom. The molecule has 0 atom stereocenters. The number of hydroxylamine groups is 2. The second kappa shape index (κ2) is 5.58. The van der Waals surface area contributed by atoms with Crippen molar-refractivity contribution in [1.82, 2.24) is 5.06 Å². The quantitative estimate of drug-likeness (QED) is 0.792. The zero-order chi connectivity index (χ0) is 16.7. The van der Waals surface area contributed by atoms with Crippen LogP contribution >= 0.6 is 0 Å². The van der Waals surface area contributed by atoms with E-state index < -0.39 is 17.8 Å². The third-order valence-electron chi connectivity index (χ3n) is 4.15. The predicted octanol–water partition coefficient (Wildman–Crippen LogP) is 2.13. The van der Waals surface area contributed by atoms with Crippen molar-refractivity contribution >= 4 is 17.8 Å². The van der Waals surface area contributed by atoms with Gasteiger partial charge < -0.3 is 9.57 Å². The minimum atomic E-state index is -0.752. The van der Waals surface area contributed by atoms with Gasteiger partial charge in [-0.2, -0.15) is 0 Å². The van der Waals surface area contributed by atoms with Gasteiger partial charge in [0, 0.05) is 0 Å². The molecule has 0 saturated carbocycles. The normalized spacial score (nSPS) is 15.9. The molecule has 0 fully saturated rings. The van der Waals surface area contributed by atoms with Crippen molar-refractivity contribution in [2.45, 2.75) is 13.0 Å². The molecule has 0 unspecified atom stereocenters. The molecule has 6 nitrogen and oxygen atoms in total.